The van der Waals surface area contributed by atoms with Crippen LogP contribution in [-0.2, 0) is 43.1 Å². The monoisotopic (exact) mass is 735 g/mol. The molecule has 0 saturated carbocycles. The van der Waals surface area contributed by atoms with Crippen LogP contribution in [0.3, 0.4) is 0 Å². The number of amides is 3. The minimum atomic E-state index is -1.39. The van der Waals surface area contributed by atoms with Crippen LogP contribution in [-0.4, -0.2) is 55.9 Å². The van der Waals surface area contributed by atoms with Crippen LogP contribution >= 0.6 is 22.9 Å². The smallest absolute Gasteiger partial charge is 0.408 e. The lowest BCUT2D eigenvalue weighted by atomic mass is 10.0. The average Bonchev–Trinajstić information content (AvgIpc) is 3.51. The fourth-order valence-electron chi connectivity index (χ4n) is 4.75. The van der Waals surface area contributed by atoms with Crippen molar-refractivity contribution < 1.29 is 28.7 Å². The van der Waals surface area contributed by atoms with Crippen LogP contribution < -0.4 is 16.0 Å². The molecule has 0 radical (unpaired) electrons. The second-order valence-corrected chi connectivity index (χ2v) is 14.6. The molecule has 0 spiro atoms. The minimum absolute atomic E-state index is 0.163. The molecule has 0 bridgehead atoms. The zero-order chi connectivity index (χ0) is 37.0. The van der Waals surface area contributed by atoms with E-state index in [1.165, 1.54) is 17.4 Å². The summed E-state index contributed by atoms with van der Waals surface area (Å²) in [7, 11) is 0. The third-order valence-corrected chi connectivity index (χ3v) is 8.32. The standard InChI is InChI=1S/C36H42ClN7O6S/c1-22(2)30(39-35(48)50-36(3,4)5)33(47)49-31(24-14-11-15-25(37)21-24)32(46)40-34-44-43-29(51-34)17-10-9-16-26-18-19-27(42-41-26)38-28(45)20-23-12-7-6-8-13-23/h6-8,11-15,18-19,21-22,30-31H,9-10,16-17,20H2,1-5H3,(H,39,48)(H,38,42,45)(H,40,44,46). The van der Waals surface area contributed by atoms with Crippen LogP contribution in [0.1, 0.15) is 75.4 Å². The molecule has 4 rings (SSSR count). The van der Waals surface area contributed by atoms with Gasteiger partial charge in [0.15, 0.2) is 5.82 Å². The van der Waals surface area contributed by atoms with Crippen molar-refractivity contribution in [2.45, 2.75) is 84.5 Å². The molecular weight excluding hydrogens is 694 g/mol. The van der Waals surface area contributed by atoms with Crippen molar-refractivity contribution in [1.29, 1.82) is 0 Å². The summed E-state index contributed by atoms with van der Waals surface area (Å²) < 4.78 is 11.0. The zero-order valence-electron chi connectivity index (χ0n) is 29.1. The van der Waals surface area contributed by atoms with E-state index >= 15 is 0 Å². The van der Waals surface area contributed by atoms with Gasteiger partial charge < -0.3 is 20.1 Å². The van der Waals surface area contributed by atoms with Gasteiger partial charge >= 0.3 is 12.1 Å². The van der Waals surface area contributed by atoms with E-state index in [4.69, 9.17) is 21.1 Å². The molecule has 2 heterocycles. The summed E-state index contributed by atoms with van der Waals surface area (Å²) in [5.41, 5.74) is 1.27. The molecule has 0 saturated heterocycles. The Balaban J connectivity index is 1.29. The Labute approximate surface area is 305 Å². The number of hydrogen-bond acceptors (Lipinski definition) is 11. The van der Waals surface area contributed by atoms with Gasteiger partial charge in [0.05, 0.1) is 12.1 Å². The molecule has 15 heteroatoms. The Morgan fingerprint density at radius 3 is 2.27 bits per heavy atom. The lowest BCUT2D eigenvalue weighted by Gasteiger charge is -2.26. The summed E-state index contributed by atoms with van der Waals surface area (Å²) >= 11 is 7.41. The summed E-state index contributed by atoms with van der Waals surface area (Å²) in [6, 6.07) is 18.4. The Morgan fingerprint density at radius 2 is 1.61 bits per heavy atom. The molecule has 4 aromatic rings. The van der Waals surface area contributed by atoms with Gasteiger partial charge in [-0.05, 0) is 75.8 Å². The van der Waals surface area contributed by atoms with Crippen molar-refractivity contribution in [3.8, 4) is 0 Å². The van der Waals surface area contributed by atoms with Crippen LogP contribution in [0.15, 0.2) is 66.7 Å². The summed E-state index contributed by atoms with van der Waals surface area (Å²) in [5.74, 6) is -1.62. The van der Waals surface area contributed by atoms with Gasteiger partial charge in [0.2, 0.25) is 17.1 Å². The van der Waals surface area contributed by atoms with Gasteiger partial charge in [-0.1, -0.05) is 79.2 Å². The maximum atomic E-state index is 13.5. The van der Waals surface area contributed by atoms with Crippen molar-refractivity contribution in [2.75, 3.05) is 10.6 Å². The number of hydrogen-bond donors (Lipinski definition) is 3. The molecule has 13 nitrogen and oxygen atoms in total. The topological polar surface area (TPSA) is 174 Å². The average molecular weight is 736 g/mol. The normalized spacial score (nSPS) is 12.5. The molecule has 270 valence electrons. The maximum Gasteiger partial charge on any atom is 0.408 e. The van der Waals surface area contributed by atoms with Crippen molar-refractivity contribution in [3.63, 3.8) is 0 Å². The van der Waals surface area contributed by atoms with Gasteiger partial charge in [-0.15, -0.1) is 15.3 Å². The molecule has 0 aliphatic carbocycles. The second-order valence-electron chi connectivity index (χ2n) is 13.1. The number of esters is 1. The van der Waals surface area contributed by atoms with Gasteiger partial charge in [0.25, 0.3) is 5.91 Å². The highest BCUT2D eigenvalue weighted by Crippen LogP contribution is 2.26. The number of aromatic nitrogens is 4. The SMILES string of the molecule is CC(C)C(NC(=O)OC(C)(C)C)C(=O)OC(C(=O)Nc1nnc(CCCCc2ccc(NC(=O)Cc3ccccc3)nn2)s1)c1cccc(Cl)c1. The van der Waals surface area contributed by atoms with E-state index in [0.717, 1.165) is 24.1 Å². The molecule has 3 amide bonds. The van der Waals surface area contributed by atoms with Crippen LogP contribution in [0, 0.1) is 5.92 Å². The summed E-state index contributed by atoms with van der Waals surface area (Å²) in [6.07, 6.45) is 0.962. The van der Waals surface area contributed by atoms with E-state index in [9.17, 15) is 19.2 Å². The lowest BCUT2D eigenvalue weighted by molar-refractivity contribution is -0.157. The number of nitrogens with zero attached hydrogens (tertiary/aromatic N) is 4. The minimum Gasteiger partial charge on any atom is -0.446 e. The Bertz CT molecular complexity index is 1780. The van der Waals surface area contributed by atoms with Crippen molar-refractivity contribution in [3.05, 3.63) is 93.6 Å². The Morgan fingerprint density at radius 1 is 0.863 bits per heavy atom. The number of rotatable bonds is 15. The number of unbranched alkanes of at least 4 members (excludes halogenated alkanes) is 1. The van der Waals surface area contributed by atoms with Gasteiger partial charge in [0.1, 0.15) is 16.7 Å². The fourth-order valence-corrected chi connectivity index (χ4v) is 5.73. The highest BCUT2D eigenvalue weighted by Gasteiger charge is 2.33. The molecule has 2 unspecified atom stereocenters. The van der Waals surface area contributed by atoms with Gasteiger partial charge in [0, 0.05) is 17.0 Å². The number of benzene rings is 2. The van der Waals surface area contributed by atoms with Gasteiger partial charge in [-0.3, -0.25) is 14.9 Å². The zero-order valence-corrected chi connectivity index (χ0v) is 30.7. The van der Waals surface area contributed by atoms with E-state index in [2.05, 4.69) is 36.3 Å². The van der Waals surface area contributed by atoms with Gasteiger partial charge in [-0.25, -0.2) is 9.59 Å². The quantitative estimate of drug-likeness (QED) is 0.0903. The highest BCUT2D eigenvalue weighted by atomic mass is 35.5. The number of alkyl carbamates (subject to hydrolysis) is 1. The molecule has 3 N–H and O–H groups in total. The third kappa shape index (κ3) is 13.0. The number of carbonyl (C=O) groups excluding carboxylic acids is 4. The molecule has 0 fully saturated rings. The second kappa shape index (κ2) is 18.3. The Kier molecular flexibility index (Phi) is 14.0. The molecule has 51 heavy (non-hydrogen) atoms. The van der Waals surface area contributed by atoms with E-state index < -0.39 is 35.7 Å². The number of ether oxygens (including phenoxy) is 2. The first kappa shape index (κ1) is 38.8. The summed E-state index contributed by atoms with van der Waals surface area (Å²) in [5, 5.41) is 26.0. The number of aryl methyl sites for hydroxylation is 2. The van der Waals surface area contributed by atoms with Crippen LogP contribution in [0.4, 0.5) is 15.7 Å². The van der Waals surface area contributed by atoms with E-state index in [1.807, 2.05) is 36.4 Å². The molecule has 2 aromatic carbocycles. The number of carbonyl (C=O) groups is 4. The summed E-state index contributed by atoms with van der Waals surface area (Å²) in [6.45, 7) is 8.60. The van der Waals surface area contributed by atoms with Crippen LogP contribution in [0.5, 0.6) is 0 Å². The van der Waals surface area contributed by atoms with E-state index in [1.54, 1.807) is 58.9 Å². The van der Waals surface area contributed by atoms with Crippen LogP contribution in [0.2, 0.25) is 5.02 Å². The first-order chi connectivity index (χ1) is 24.3. The first-order valence-electron chi connectivity index (χ1n) is 16.5. The number of anilines is 2. The molecule has 2 atom stereocenters. The fraction of sp³-hybridized carbons (Fsp3) is 0.389. The third-order valence-electron chi connectivity index (χ3n) is 7.18. The first-order valence-corrected chi connectivity index (χ1v) is 17.7. The van der Waals surface area contributed by atoms with E-state index in [-0.39, 0.29) is 23.4 Å². The maximum absolute atomic E-state index is 13.5. The van der Waals surface area contributed by atoms with Crippen molar-refractivity contribution in [1.82, 2.24) is 25.7 Å². The predicted molar refractivity (Wildman–Crippen MR) is 194 cm³/mol. The van der Waals surface area contributed by atoms with E-state index in [0.29, 0.717) is 34.3 Å². The predicted octanol–water partition coefficient (Wildman–Crippen LogP) is 6.50. The highest BCUT2D eigenvalue weighted by molar-refractivity contribution is 7.15. The van der Waals surface area contributed by atoms with Crippen LogP contribution in [0.25, 0.3) is 0 Å². The largest absolute Gasteiger partial charge is 0.446 e. The molecule has 0 aliphatic rings. The molecular formula is C36H42ClN7O6S. The Hall–Kier alpha value is -4.95. The summed E-state index contributed by atoms with van der Waals surface area (Å²) in [4.78, 5) is 51.6. The number of nitrogens with one attached hydrogen (secondary N) is 3. The van der Waals surface area contributed by atoms with Crippen molar-refractivity contribution >= 4 is 57.8 Å². The lowest BCUT2D eigenvalue weighted by Crippen LogP contribution is -2.47. The number of halogens is 1. The molecule has 2 aromatic heterocycles. The van der Waals surface area contributed by atoms with Crippen molar-refractivity contribution in [2.24, 2.45) is 5.92 Å². The molecule has 0 aliphatic heterocycles. The van der Waals surface area contributed by atoms with Gasteiger partial charge in [-0.2, -0.15) is 5.10 Å².